The maximum Gasteiger partial charge on any atom is 0.324 e. The van der Waals surface area contributed by atoms with Gasteiger partial charge in [0.25, 0.3) is 5.89 Å². The molecule has 3 rings (SSSR count). The van der Waals surface area contributed by atoms with Gasteiger partial charge >= 0.3 is 5.00 Å². The smallest absolute Gasteiger partial charge is 0.324 e. The Morgan fingerprint density at radius 1 is 1.28 bits per heavy atom. The lowest BCUT2D eigenvalue weighted by Gasteiger charge is -2.04. The Kier molecular flexibility index (Phi) is 5.52. The number of aryl methyl sites for hydroxylation is 1. The molecule has 0 bridgehead atoms. The third-order valence-electron chi connectivity index (χ3n) is 3.72. The number of thiophene rings is 1. The van der Waals surface area contributed by atoms with Crippen molar-refractivity contribution in [1.29, 1.82) is 0 Å². The van der Waals surface area contributed by atoms with Gasteiger partial charge in [0.2, 0.25) is 0 Å². The Morgan fingerprint density at radius 2 is 2.08 bits per heavy atom. The molecule has 7 nitrogen and oxygen atoms in total. The van der Waals surface area contributed by atoms with Crippen LogP contribution in [0.4, 0.5) is 5.00 Å². The van der Waals surface area contributed by atoms with Crippen molar-refractivity contribution >= 4 is 16.3 Å². The highest BCUT2D eigenvalue weighted by Gasteiger charge is 2.09. The summed E-state index contributed by atoms with van der Waals surface area (Å²) in [7, 11) is 0. The van der Waals surface area contributed by atoms with E-state index in [1.54, 1.807) is 6.07 Å². The minimum absolute atomic E-state index is 0.180. The third-order valence-corrected chi connectivity index (χ3v) is 4.65. The van der Waals surface area contributed by atoms with E-state index >= 15 is 0 Å². The van der Waals surface area contributed by atoms with Crippen LogP contribution in [0.1, 0.15) is 23.9 Å². The maximum atomic E-state index is 10.7. The van der Waals surface area contributed by atoms with Gasteiger partial charge in [-0.3, -0.25) is 10.1 Å². The van der Waals surface area contributed by atoms with Crippen LogP contribution < -0.4 is 5.32 Å². The predicted octanol–water partition coefficient (Wildman–Crippen LogP) is 3.60. The summed E-state index contributed by atoms with van der Waals surface area (Å²) in [5.74, 6) is 1.25. The summed E-state index contributed by atoms with van der Waals surface area (Å²) in [6.07, 6.45) is 1.62. The third kappa shape index (κ3) is 4.49. The van der Waals surface area contributed by atoms with E-state index < -0.39 is 0 Å². The highest BCUT2D eigenvalue weighted by atomic mass is 32.1. The summed E-state index contributed by atoms with van der Waals surface area (Å²) >= 11 is 1.16. The lowest BCUT2D eigenvalue weighted by atomic mass is 10.1. The van der Waals surface area contributed by atoms with Gasteiger partial charge in [-0.05, 0) is 36.2 Å². The van der Waals surface area contributed by atoms with Crippen LogP contribution in [0, 0.1) is 10.1 Å². The number of benzene rings is 1. The summed E-state index contributed by atoms with van der Waals surface area (Å²) in [5.41, 5.74) is 3.05. The monoisotopic (exact) mass is 358 g/mol. The van der Waals surface area contributed by atoms with Gasteiger partial charge in [-0.1, -0.05) is 35.5 Å². The van der Waals surface area contributed by atoms with Crippen molar-refractivity contribution < 1.29 is 9.45 Å². The number of nitro groups is 1. The maximum absolute atomic E-state index is 10.7. The van der Waals surface area contributed by atoms with Crippen molar-refractivity contribution in [3.63, 3.8) is 0 Å². The largest absolute Gasteiger partial charge is 0.334 e. The molecule has 1 N–H and O–H groups in total. The Balaban J connectivity index is 1.47. The average molecular weight is 358 g/mol. The second kappa shape index (κ2) is 8.00. The highest BCUT2D eigenvalue weighted by molar-refractivity contribution is 7.13. The fourth-order valence-corrected chi connectivity index (χ4v) is 3.07. The number of rotatable bonds is 8. The second-order valence-electron chi connectivity index (χ2n) is 5.54. The molecule has 0 radical (unpaired) electrons. The van der Waals surface area contributed by atoms with Crippen LogP contribution in [0.2, 0.25) is 0 Å². The first-order valence-electron chi connectivity index (χ1n) is 8.00. The van der Waals surface area contributed by atoms with Crippen molar-refractivity contribution in [3.8, 4) is 11.5 Å². The first-order chi connectivity index (χ1) is 12.2. The number of nitrogens with one attached hydrogen (secondary N) is 1. The Labute approximate surface area is 148 Å². The van der Waals surface area contributed by atoms with Crippen LogP contribution in [-0.4, -0.2) is 21.6 Å². The van der Waals surface area contributed by atoms with Crippen LogP contribution in [0.5, 0.6) is 0 Å². The van der Waals surface area contributed by atoms with Crippen LogP contribution in [0.15, 0.2) is 40.2 Å². The molecule has 0 aliphatic heterocycles. The topological polar surface area (TPSA) is 94.1 Å². The van der Waals surface area contributed by atoms with E-state index in [-0.39, 0.29) is 9.92 Å². The molecule has 0 atom stereocenters. The predicted molar refractivity (Wildman–Crippen MR) is 95.5 cm³/mol. The van der Waals surface area contributed by atoms with Crippen molar-refractivity contribution in [2.75, 3.05) is 6.54 Å². The van der Waals surface area contributed by atoms with Gasteiger partial charge in [0.1, 0.15) is 0 Å². The van der Waals surface area contributed by atoms with E-state index in [0.29, 0.717) is 18.3 Å². The van der Waals surface area contributed by atoms with Gasteiger partial charge in [-0.2, -0.15) is 4.98 Å². The second-order valence-corrected chi connectivity index (χ2v) is 6.43. The van der Waals surface area contributed by atoms with Crippen LogP contribution in [-0.2, 0) is 19.4 Å². The summed E-state index contributed by atoms with van der Waals surface area (Å²) in [5, 5.41) is 19.9. The molecule has 0 saturated carbocycles. The van der Waals surface area contributed by atoms with Gasteiger partial charge in [0, 0.05) is 30.0 Å². The minimum Gasteiger partial charge on any atom is -0.334 e. The van der Waals surface area contributed by atoms with E-state index in [0.717, 1.165) is 41.9 Å². The van der Waals surface area contributed by atoms with Crippen molar-refractivity contribution in [3.05, 3.63) is 62.8 Å². The molecule has 0 amide bonds. The Hall–Kier alpha value is -2.58. The minimum atomic E-state index is -0.359. The fourth-order valence-electron chi connectivity index (χ4n) is 2.35. The molecule has 1 aromatic carbocycles. The summed E-state index contributed by atoms with van der Waals surface area (Å²) in [4.78, 5) is 14.6. The van der Waals surface area contributed by atoms with E-state index in [1.807, 2.05) is 36.6 Å². The Morgan fingerprint density at radius 3 is 2.72 bits per heavy atom. The highest BCUT2D eigenvalue weighted by Crippen LogP contribution is 2.22. The SMILES string of the molecule is CCc1noc(-c2ccc(CCNCc3csc([N+](=O)[O-])c3)cc2)n1. The summed E-state index contributed by atoms with van der Waals surface area (Å²) < 4.78 is 5.23. The Bertz CT molecular complexity index is 842. The van der Waals surface area contributed by atoms with Crippen LogP contribution >= 0.6 is 11.3 Å². The average Bonchev–Trinajstić information content (AvgIpc) is 3.29. The zero-order valence-electron chi connectivity index (χ0n) is 13.8. The lowest BCUT2D eigenvalue weighted by Crippen LogP contribution is -2.16. The molecule has 25 heavy (non-hydrogen) atoms. The molecule has 2 heterocycles. The first kappa shape index (κ1) is 17.2. The zero-order valence-corrected chi connectivity index (χ0v) is 14.6. The van der Waals surface area contributed by atoms with Crippen LogP contribution in [0.25, 0.3) is 11.5 Å². The first-order valence-corrected chi connectivity index (χ1v) is 8.88. The number of hydrogen-bond acceptors (Lipinski definition) is 7. The van der Waals surface area contributed by atoms with E-state index in [9.17, 15) is 10.1 Å². The number of aromatic nitrogens is 2. The van der Waals surface area contributed by atoms with Gasteiger partial charge in [-0.25, -0.2) is 0 Å². The van der Waals surface area contributed by atoms with Gasteiger partial charge < -0.3 is 9.84 Å². The fraction of sp³-hybridized carbons (Fsp3) is 0.294. The standard InChI is InChI=1S/C17H18N4O3S/c1-2-15-19-17(24-20-15)14-5-3-12(4-6-14)7-8-18-10-13-9-16(21(22)23)25-11-13/h3-6,9,11,18H,2,7-8,10H2,1H3. The van der Waals surface area contributed by atoms with Crippen LogP contribution in [0.3, 0.4) is 0 Å². The van der Waals surface area contributed by atoms with E-state index in [4.69, 9.17) is 4.52 Å². The number of nitrogens with zero attached hydrogens (tertiary/aromatic N) is 3. The number of hydrogen-bond donors (Lipinski definition) is 1. The quantitative estimate of drug-likeness (QED) is 0.376. The zero-order chi connectivity index (χ0) is 17.6. The molecular formula is C17H18N4O3S. The molecule has 0 aliphatic rings. The molecule has 2 aromatic heterocycles. The van der Waals surface area contributed by atoms with E-state index in [2.05, 4.69) is 15.5 Å². The van der Waals surface area contributed by atoms with Crippen molar-refractivity contribution in [1.82, 2.24) is 15.5 Å². The molecule has 130 valence electrons. The molecule has 0 fully saturated rings. The van der Waals surface area contributed by atoms with E-state index in [1.165, 1.54) is 5.56 Å². The normalized spacial score (nSPS) is 10.9. The lowest BCUT2D eigenvalue weighted by molar-refractivity contribution is -0.380. The molecule has 0 unspecified atom stereocenters. The van der Waals surface area contributed by atoms with Gasteiger partial charge in [0.05, 0.1) is 4.92 Å². The van der Waals surface area contributed by atoms with Gasteiger partial charge in [-0.15, -0.1) is 0 Å². The summed E-state index contributed by atoms with van der Waals surface area (Å²) in [6, 6.07) is 9.65. The molecule has 0 spiro atoms. The van der Waals surface area contributed by atoms with Gasteiger partial charge in [0.15, 0.2) is 5.82 Å². The van der Waals surface area contributed by atoms with Crippen molar-refractivity contribution in [2.45, 2.75) is 26.3 Å². The molecular weight excluding hydrogens is 340 g/mol. The molecule has 0 aliphatic carbocycles. The molecule has 0 saturated heterocycles. The molecule has 3 aromatic rings. The van der Waals surface area contributed by atoms with Crippen molar-refractivity contribution in [2.24, 2.45) is 0 Å². The molecule has 8 heteroatoms. The summed E-state index contributed by atoms with van der Waals surface area (Å²) in [6.45, 7) is 3.41.